The first-order valence-corrected chi connectivity index (χ1v) is 5.91. The van der Waals surface area contributed by atoms with Gasteiger partial charge in [-0.1, -0.05) is 54.5 Å². The van der Waals surface area contributed by atoms with Gasteiger partial charge in [0, 0.05) is 0 Å². The van der Waals surface area contributed by atoms with Crippen molar-refractivity contribution in [3.05, 3.63) is 0 Å². The van der Waals surface area contributed by atoms with E-state index in [1.165, 1.54) is 38.5 Å². The number of hydrogen-bond donors (Lipinski definition) is 0. The molecule has 4 fully saturated rings. The molecule has 0 aromatic rings. The molecule has 0 aromatic carbocycles. The van der Waals surface area contributed by atoms with Gasteiger partial charge in [0.25, 0.3) is 0 Å². The summed E-state index contributed by atoms with van der Waals surface area (Å²) in [4.78, 5) is 0. The van der Waals surface area contributed by atoms with E-state index >= 15 is 0 Å². The largest absolute Gasteiger partial charge is 0.109 e. The highest BCUT2D eigenvalue weighted by Gasteiger charge is 2.57. The van der Waals surface area contributed by atoms with E-state index in [4.69, 9.17) is 0 Å². The molecule has 0 N–H and O–H groups in total. The minimum atomic E-state index is 0.725. The molecular weight excluding hydrogens is 153 g/mol. The highest BCUT2D eigenvalue weighted by molar-refractivity contribution is 6.23. The summed E-state index contributed by atoms with van der Waals surface area (Å²) in [6.07, 6.45) is 9.18. The normalized spacial score (nSPS) is 64.2. The molecule has 13 heavy (non-hydrogen) atoms. The molecule has 4 aliphatic carbocycles. The van der Waals surface area contributed by atoms with Gasteiger partial charge in [-0.05, 0) is 5.92 Å². The lowest BCUT2D eigenvalue weighted by molar-refractivity contribution is 0.0516. The second-order valence-electron chi connectivity index (χ2n) is 7.44. The first-order valence-electron chi connectivity index (χ1n) is 5.91. The Morgan fingerprint density at radius 1 is 0.692 bits per heavy atom. The van der Waals surface area contributed by atoms with Crippen molar-refractivity contribution in [2.45, 2.75) is 54.5 Å². The van der Waals surface area contributed by atoms with Crippen LogP contribution in [0, 0.1) is 5.92 Å². The zero-order valence-corrected chi connectivity index (χ0v) is 9.32. The smallest absolute Gasteiger partial charge is 0.0585 e. The van der Waals surface area contributed by atoms with E-state index in [0.29, 0.717) is 0 Å². The van der Waals surface area contributed by atoms with Crippen molar-refractivity contribution < 1.29 is 0 Å². The van der Waals surface area contributed by atoms with Gasteiger partial charge in [-0.15, -0.1) is 0 Å². The Kier molecular flexibility index (Phi) is 1.35. The van der Waals surface area contributed by atoms with Crippen LogP contribution in [0.4, 0.5) is 0 Å². The van der Waals surface area contributed by atoms with Crippen molar-refractivity contribution in [2.24, 2.45) is 5.92 Å². The van der Waals surface area contributed by atoms with E-state index in [2.05, 4.69) is 23.5 Å². The van der Waals surface area contributed by atoms with E-state index in [-0.39, 0.29) is 0 Å². The van der Waals surface area contributed by atoms with Crippen LogP contribution in [0.5, 0.6) is 0 Å². The lowest BCUT2D eigenvalue weighted by atomic mass is 9.28. The van der Waals surface area contributed by atoms with Gasteiger partial charge >= 0.3 is 0 Å². The van der Waals surface area contributed by atoms with Crippen molar-refractivity contribution in [3.63, 3.8) is 0 Å². The first kappa shape index (κ1) is 8.50. The standard InChI is InChI=1S/C10H19B3/c11-8-1-7-2-9(12,4-8)6-10(13,3-7)5-8/h7H,1-6,11-13H2. The fourth-order valence-electron chi connectivity index (χ4n) is 6.02. The van der Waals surface area contributed by atoms with Crippen molar-refractivity contribution in [1.29, 1.82) is 0 Å². The van der Waals surface area contributed by atoms with Crippen LogP contribution in [-0.2, 0) is 0 Å². The maximum atomic E-state index is 2.55. The van der Waals surface area contributed by atoms with Crippen molar-refractivity contribution in [2.75, 3.05) is 0 Å². The molecule has 0 heterocycles. The third-order valence-corrected chi connectivity index (χ3v) is 4.91. The molecule has 0 aromatic heterocycles. The van der Waals surface area contributed by atoms with Crippen LogP contribution in [0.3, 0.4) is 0 Å². The monoisotopic (exact) mass is 172 g/mol. The highest BCUT2D eigenvalue weighted by atomic mass is 14.6. The van der Waals surface area contributed by atoms with Gasteiger partial charge in [-0.25, -0.2) is 0 Å². The van der Waals surface area contributed by atoms with E-state index in [0.717, 1.165) is 21.9 Å². The second kappa shape index (κ2) is 2.07. The summed E-state index contributed by atoms with van der Waals surface area (Å²) >= 11 is 0. The molecule has 4 saturated carbocycles. The minimum absolute atomic E-state index is 0.725. The summed E-state index contributed by atoms with van der Waals surface area (Å²) in [5.41, 5.74) is 0. The molecule has 3 heteroatoms. The zero-order valence-electron chi connectivity index (χ0n) is 9.32. The van der Waals surface area contributed by atoms with Gasteiger partial charge in [0.05, 0.1) is 0 Å². The molecule has 0 unspecified atom stereocenters. The third-order valence-electron chi connectivity index (χ3n) is 4.91. The second-order valence-corrected chi connectivity index (χ2v) is 7.44. The molecule has 0 spiro atoms. The predicted molar refractivity (Wildman–Crippen MR) is 64.9 cm³/mol. The molecule has 0 aliphatic heterocycles. The van der Waals surface area contributed by atoms with Crippen LogP contribution in [0.25, 0.3) is 0 Å². The van der Waals surface area contributed by atoms with Gasteiger partial charge < -0.3 is 0 Å². The highest BCUT2D eigenvalue weighted by Crippen LogP contribution is 2.75. The van der Waals surface area contributed by atoms with Gasteiger partial charge in [-0.2, -0.15) is 0 Å². The quantitative estimate of drug-likeness (QED) is 0.462. The van der Waals surface area contributed by atoms with E-state index < -0.39 is 0 Å². The Morgan fingerprint density at radius 2 is 1.00 bits per heavy atom. The van der Waals surface area contributed by atoms with Crippen LogP contribution < -0.4 is 0 Å². The number of rotatable bonds is 0. The first-order chi connectivity index (χ1) is 5.91. The Morgan fingerprint density at radius 3 is 1.23 bits per heavy atom. The minimum Gasteiger partial charge on any atom is -0.0585 e. The maximum Gasteiger partial charge on any atom is 0.109 e. The van der Waals surface area contributed by atoms with E-state index in [1.54, 1.807) is 0 Å². The van der Waals surface area contributed by atoms with E-state index in [9.17, 15) is 0 Å². The fourth-order valence-corrected chi connectivity index (χ4v) is 6.02. The predicted octanol–water partition coefficient (Wildman–Crippen LogP) is 0.359. The molecule has 4 rings (SSSR count). The van der Waals surface area contributed by atoms with Crippen LogP contribution in [-0.4, -0.2) is 23.5 Å². The summed E-state index contributed by atoms with van der Waals surface area (Å²) in [7, 11) is 7.65. The van der Waals surface area contributed by atoms with Crippen LogP contribution in [0.1, 0.15) is 38.5 Å². The molecular formula is C10H19B3. The van der Waals surface area contributed by atoms with Crippen LogP contribution in [0.15, 0.2) is 0 Å². The van der Waals surface area contributed by atoms with E-state index in [1.807, 2.05) is 0 Å². The van der Waals surface area contributed by atoms with Crippen LogP contribution in [0.2, 0.25) is 15.9 Å². The summed E-state index contributed by atoms with van der Waals surface area (Å²) in [6, 6.07) is 0. The summed E-state index contributed by atoms with van der Waals surface area (Å²) in [5.74, 6) is 1.08. The Labute approximate surface area is 84.5 Å². The molecule has 68 valence electrons. The van der Waals surface area contributed by atoms with Crippen molar-refractivity contribution in [3.8, 4) is 0 Å². The average molecular weight is 172 g/mol. The topological polar surface area (TPSA) is 0 Å². The Bertz CT molecular complexity index is 212. The van der Waals surface area contributed by atoms with Crippen molar-refractivity contribution >= 4 is 23.5 Å². The molecule has 4 aliphatic rings. The maximum absolute atomic E-state index is 2.55. The summed E-state index contributed by atoms with van der Waals surface area (Å²) in [5, 5.41) is 2.18. The molecule has 0 radical (unpaired) electrons. The summed E-state index contributed by atoms with van der Waals surface area (Å²) in [6.45, 7) is 0. The lowest BCUT2D eigenvalue weighted by Crippen LogP contribution is -2.48. The molecule has 4 bridgehead atoms. The Balaban J connectivity index is 2.03. The Hall–Kier alpha value is 0.195. The molecule has 0 amide bonds. The van der Waals surface area contributed by atoms with Gasteiger partial charge in [0.2, 0.25) is 0 Å². The number of hydrogen-bond acceptors (Lipinski definition) is 0. The molecule has 0 saturated heterocycles. The zero-order chi connectivity index (χ0) is 9.32. The molecule has 0 atom stereocenters. The fraction of sp³-hybridized carbons (Fsp3) is 1.00. The van der Waals surface area contributed by atoms with Gasteiger partial charge in [0.15, 0.2) is 0 Å². The lowest BCUT2D eigenvalue weighted by Gasteiger charge is -2.65. The van der Waals surface area contributed by atoms with Gasteiger partial charge in [-0.3, -0.25) is 0 Å². The van der Waals surface area contributed by atoms with Gasteiger partial charge in [0.1, 0.15) is 23.5 Å². The summed E-state index contributed by atoms with van der Waals surface area (Å²) < 4.78 is 0. The SMILES string of the molecule is BC12CC3CC(B)(C1)CC(B)(C3)C2. The van der Waals surface area contributed by atoms with Crippen LogP contribution >= 0.6 is 0 Å². The molecule has 0 nitrogen and oxygen atoms in total. The average Bonchev–Trinajstić information content (AvgIpc) is 1.71. The van der Waals surface area contributed by atoms with Crippen molar-refractivity contribution in [1.82, 2.24) is 0 Å². The third kappa shape index (κ3) is 1.15.